The third kappa shape index (κ3) is 4.22. The number of ether oxygens (including phenoxy) is 3. The van der Waals surface area contributed by atoms with E-state index >= 15 is 0 Å². The van der Waals surface area contributed by atoms with Crippen molar-refractivity contribution in [1.82, 2.24) is 19.5 Å². The van der Waals surface area contributed by atoms with Gasteiger partial charge in [-0.15, -0.1) is 0 Å². The van der Waals surface area contributed by atoms with Crippen LogP contribution in [0.25, 0.3) is 11.4 Å². The highest BCUT2D eigenvalue weighted by molar-refractivity contribution is 5.63. The maximum atomic E-state index is 5.54. The second kappa shape index (κ2) is 8.43. The average Bonchev–Trinajstić information content (AvgIpc) is 3.13. The van der Waals surface area contributed by atoms with Gasteiger partial charge in [0.25, 0.3) is 0 Å². The third-order valence-corrected chi connectivity index (χ3v) is 3.94. The van der Waals surface area contributed by atoms with E-state index in [1.165, 1.54) is 0 Å². The fourth-order valence-electron chi connectivity index (χ4n) is 2.63. The Labute approximate surface area is 163 Å². The summed E-state index contributed by atoms with van der Waals surface area (Å²) in [5.74, 6) is 1.91. The first-order valence-corrected chi connectivity index (χ1v) is 8.75. The van der Waals surface area contributed by atoms with Crippen molar-refractivity contribution in [2.45, 2.75) is 13.8 Å². The third-order valence-electron chi connectivity index (χ3n) is 3.94. The van der Waals surface area contributed by atoms with Crippen LogP contribution in [0.15, 0.2) is 43.4 Å². The summed E-state index contributed by atoms with van der Waals surface area (Å²) in [5, 5.41) is 3.17. The zero-order valence-corrected chi connectivity index (χ0v) is 16.4. The largest absolute Gasteiger partial charge is 0.494 e. The first-order valence-electron chi connectivity index (χ1n) is 8.75. The molecule has 3 rings (SSSR count). The summed E-state index contributed by atoms with van der Waals surface area (Å²) in [5.41, 5.74) is 3.12. The Bertz CT molecular complexity index is 984. The van der Waals surface area contributed by atoms with Crippen LogP contribution in [0.2, 0.25) is 0 Å². The molecular formula is C20H23N5O3. The first-order chi connectivity index (χ1) is 13.5. The highest BCUT2D eigenvalue weighted by Crippen LogP contribution is 2.28. The van der Waals surface area contributed by atoms with Crippen molar-refractivity contribution >= 4 is 17.4 Å². The van der Waals surface area contributed by atoms with E-state index in [9.17, 15) is 0 Å². The van der Waals surface area contributed by atoms with Crippen LogP contribution in [-0.2, 0) is 4.74 Å². The zero-order chi connectivity index (χ0) is 20.1. The number of nitrogens with zero attached hydrogens (tertiary/aromatic N) is 4. The molecule has 0 saturated heterocycles. The van der Waals surface area contributed by atoms with Gasteiger partial charge in [-0.2, -0.15) is 4.98 Å². The lowest BCUT2D eigenvalue weighted by Gasteiger charge is -2.13. The number of methoxy groups -OCH3 is 2. The summed E-state index contributed by atoms with van der Waals surface area (Å²) in [4.78, 5) is 13.0. The minimum absolute atomic E-state index is 0.364. The van der Waals surface area contributed by atoms with Crippen LogP contribution in [0.5, 0.6) is 11.6 Å². The number of rotatable bonds is 8. The maximum absolute atomic E-state index is 5.54. The molecular weight excluding hydrogens is 358 g/mol. The van der Waals surface area contributed by atoms with E-state index in [1.807, 2.05) is 42.8 Å². The smallest absolute Gasteiger partial charge is 0.231 e. The molecule has 0 aliphatic heterocycles. The fraction of sp³-hybridized carbons (Fsp3) is 0.250. The van der Waals surface area contributed by atoms with E-state index in [-0.39, 0.29) is 0 Å². The molecule has 2 aromatic heterocycles. The highest BCUT2D eigenvalue weighted by Gasteiger charge is 2.11. The molecule has 2 heterocycles. The van der Waals surface area contributed by atoms with Crippen molar-refractivity contribution in [1.29, 1.82) is 0 Å². The molecule has 0 atom stereocenters. The lowest BCUT2D eigenvalue weighted by molar-refractivity contribution is 0.297. The van der Waals surface area contributed by atoms with Crippen molar-refractivity contribution < 1.29 is 14.2 Å². The van der Waals surface area contributed by atoms with Crippen LogP contribution in [0.4, 0.5) is 11.6 Å². The molecule has 0 aliphatic rings. The molecule has 0 unspecified atom stereocenters. The van der Waals surface area contributed by atoms with Crippen molar-refractivity contribution in [3.8, 4) is 17.3 Å². The molecule has 1 N–H and O–H groups in total. The van der Waals surface area contributed by atoms with Crippen LogP contribution in [0.1, 0.15) is 18.3 Å². The molecule has 0 amide bonds. The van der Waals surface area contributed by atoms with Gasteiger partial charge in [-0.3, -0.25) is 0 Å². The SMILES string of the molecule is C=C(OCC)c1cc(OC)nc(Nc2ccc(-n3cnc(C)c3)c(OC)c2)n1. The van der Waals surface area contributed by atoms with E-state index in [1.54, 1.807) is 26.6 Å². The molecule has 8 nitrogen and oxygen atoms in total. The maximum Gasteiger partial charge on any atom is 0.231 e. The van der Waals surface area contributed by atoms with Gasteiger partial charge in [0, 0.05) is 24.0 Å². The molecule has 0 aliphatic carbocycles. The Hall–Kier alpha value is -3.55. The minimum atomic E-state index is 0.364. The Morgan fingerprint density at radius 2 is 2.00 bits per heavy atom. The standard InChI is InChI=1S/C20H23N5O3/c1-6-28-14(3)16-10-19(27-5)24-20(23-16)22-15-7-8-17(18(9-15)26-4)25-11-13(2)21-12-25/h7-12H,3,6H2,1-2,4-5H3,(H,22,23,24). The second-order valence-electron chi connectivity index (χ2n) is 5.91. The predicted molar refractivity (Wildman–Crippen MR) is 107 cm³/mol. The topological polar surface area (TPSA) is 83.3 Å². The lowest BCUT2D eigenvalue weighted by atomic mass is 10.2. The minimum Gasteiger partial charge on any atom is -0.494 e. The summed E-state index contributed by atoms with van der Waals surface area (Å²) >= 11 is 0. The molecule has 146 valence electrons. The molecule has 0 bridgehead atoms. The van der Waals surface area contributed by atoms with Crippen molar-refractivity contribution in [3.63, 3.8) is 0 Å². The van der Waals surface area contributed by atoms with Gasteiger partial charge in [0.2, 0.25) is 11.8 Å². The number of aryl methyl sites for hydroxylation is 1. The zero-order valence-electron chi connectivity index (χ0n) is 16.4. The van der Waals surface area contributed by atoms with Crippen LogP contribution in [-0.4, -0.2) is 40.3 Å². The second-order valence-corrected chi connectivity index (χ2v) is 5.91. The average molecular weight is 381 g/mol. The Morgan fingerprint density at radius 3 is 2.64 bits per heavy atom. The molecule has 0 radical (unpaired) electrons. The van der Waals surface area contributed by atoms with Gasteiger partial charge in [0.05, 0.1) is 38.5 Å². The summed E-state index contributed by atoms with van der Waals surface area (Å²) in [6.07, 6.45) is 3.68. The fourth-order valence-corrected chi connectivity index (χ4v) is 2.63. The number of aromatic nitrogens is 4. The molecule has 8 heteroatoms. The van der Waals surface area contributed by atoms with Crippen molar-refractivity contribution in [3.05, 3.63) is 54.8 Å². The molecule has 1 aromatic carbocycles. The molecule has 0 saturated carbocycles. The normalized spacial score (nSPS) is 10.4. The van der Waals surface area contributed by atoms with E-state index in [4.69, 9.17) is 14.2 Å². The molecule has 28 heavy (non-hydrogen) atoms. The van der Waals surface area contributed by atoms with Crippen LogP contribution in [0, 0.1) is 6.92 Å². The van der Waals surface area contributed by atoms with E-state index in [0.29, 0.717) is 35.6 Å². The predicted octanol–water partition coefficient (Wildman–Crippen LogP) is 3.74. The Balaban J connectivity index is 1.91. The van der Waals surface area contributed by atoms with Crippen molar-refractivity contribution in [2.24, 2.45) is 0 Å². The molecule has 0 fully saturated rings. The number of benzene rings is 1. The monoisotopic (exact) mass is 381 g/mol. The van der Waals surface area contributed by atoms with E-state index in [2.05, 4.69) is 26.8 Å². The number of hydrogen-bond donors (Lipinski definition) is 1. The molecule has 3 aromatic rings. The van der Waals surface area contributed by atoms with E-state index < -0.39 is 0 Å². The van der Waals surface area contributed by atoms with E-state index in [0.717, 1.165) is 17.1 Å². The number of anilines is 2. The lowest BCUT2D eigenvalue weighted by Crippen LogP contribution is -2.04. The van der Waals surface area contributed by atoms with Crippen LogP contribution in [0.3, 0.4) is 0 Å². The summed E-state index contributed by atoms with van der Waals surface area (Å²) in [6.45, 7) is 8.21. The van der Waals surface area contributed by atoms with Crippen LogP contribution >= 0.6 is 0 Å². The van der Waals surface area contributed by atoms with Crippen LogP contribution < -0.4 is 14.8 Å². The Kier molecular flexibility index (Phi) is 5.78. The van der Waals surface area contributed by atoms with Gasteiger partial charge in [0.1, 0.15) is 17.2 Å². The first kappa shape index (κ1) is 19.2. The van der Waals surface area contributed by atoms with Gasteiger partial charge in [-0.25, -0.2) is 9.97 Å². The Morgan fingerprint density at radius 1 is 1.18 bits per heavy atom. The number of imidazole rings is 1. The highest BCUT2D eigenvalue weighted by atomic mass is 16.5. The van der Waals surface area contributed by atoms with Gasteiger partial charge < -0.3 is 24.1 Å². The summed E-state index contributed by atoms with van der Waals surface area (Å²) in [6, 6.07) is 7.38. The quantitative estimate of drug-likeness (QED) is 0.595. The number of nitrogens with one attached hydrogen (secondary N) is 1. The van der Waals surface area contributed by atoms with Gasteiger partial charge in [0.15, 0.2) is 0 Å². The summed E-state index contributed by atoms with van der Waals surface area (Å²) < 4.78 is 18.1. The van der Waals surface area contributed by atoms with Gasteiger partial charge in [-0.1, -0.05) is 6.58 Å². The van der Waals surface area contributed by atoms with Gasteiger partial charge in [-0.05, 0) is 26.0 Å². The number of hydrogen-bond acceptors (Lipinski definition) is 7. The van der Waals surface area contributed by atoms with Crippen molar-refractivity contribution in [2.75, 3.05) is 26.1 Å². The molecule has 0 spiro atoms. The summed E-state index contributed by atoms with van der Waals surface area (Å²) in [7, 11) is 3.17. The van der Waals surface area contributed by atoms with Gasteiger partial charge >= 0.3 is 0 Å².